The summed E-state index contributed by atoms with van der Waals surface area (Å²) in [5.41, 5.74) is 0. The molecular weight excluding hydrogens is 190 g/mol. The Hall–Kier alpha value is -0.120. The minimum Gasteiger partial charge on any atom is -0.383 e. The Balaban J connectivity index is 1.81. The van der Waals surface area contributed by atoms with Crippen LogP contribution >= 0.6 is 0 Å². The highest BCUT2D eigenvalue weighted by Crippen LogP contribution is 2.22. The molecule has 0 aromatic heterocycles. The number of nitrogens with one attached hydrogen (secondary N) is 1. The molecule has 0 aromatic carbocycles. The third kappa shape index (κ3) is 6.13. The molecule has 3 nitrogen and oxygen atoms in total. The summed E-state index contributed by atoms with van der Waals surface area (Å²) in [5, 5.41) is 3.35. The Bertz CT molecular complexity index is 153. The number of hydrogen-bond acceptors (Lipinski definition) is 3. The van der Waals surface area contributed by atoms with Crippen molar-refractivity contribution in [2.75, 3.05) is 26.8 Å². The molecule has 0 spiro atoms. The molecule has 2 atom stereocenters. The van der Waals surface area contributed by atoms with Crippen LogP contribution in [0.5, 0.6) is 0 Å². The van der Waals surface area contributed by atoms with Gasteiger partial charge in [0, 0.05) is 13.7 Å². The smallest absolute Gasteiger partial charge is 0.0587 e. The summed E-state index contributed by atoms with van der Waals surface area (Å²) in [6.45, 7) is 5.05. The summed E-state index contributed by atoms with van der Waals surface area (Å²) in [4.78, 5) is 0. The lowest BCUT2D eigenvalue weighted by atomic mass is 10.1. The van der Waals surface area contributed by atoms with E-state index in [9.17, 15) is 0 Å². The van der Waals surface area contributed by atoms with Crippen molar-refractivity contribution in [2.24, 2.45) is 0 Å². The minimum absolute atomic E-state index is 0.495. The van der Waals surface area contributed by atoms with Crippen LogP contribution in [-0.2, 0) is 9.47 Å². The number of ether oxygens (including phenoxy) is 2. The summed E-state index contributed by atoms with van der Waals surface area (Å²) in [7, 11) is 1.74. The van der Waals surface area contributed by atoms with E-state index in [0.717, 1.165) is 19.7 Å². The molecule has 1 aliphatic heterocycles. The van der Waals surface area contributed by atoms with Gasteiger partial charge in [-0.15, -0.1) is 0 Å². The second-order valence-corrected chi connectivity index (χ2v) is 4.38. The van der Waals surface area contributed by atoms with Crippen molar-refractivity contribution in [1.82, 2.24) is 5.32 Å². The highest BCUT2D eigenvalue weighted by Gasteiger charge is 2.20. The number of unbranched alkanes of at least 4 members (excludes halogenated alkanes) is 1. The second-order valence-electron chi connectivity index (χ2n) is 4.38. The van der Waals surface area contributed by atoms with Gasteiger partial charge in [0.2, 0.25) is 0 Å². The topological polar surface area (TPSA) is 30.5 Å². The maximum Gasteiger partial charge on any atom is 0.0587 e. The first kappa shape index (κ1) is 12.9. The Morgan fingerprint density at radius 1 is 1.27 bits per heavy atom. The summed E-state index contributed by atoms with van der Waals surface area (Å²) in [6, 6.07) is 0. The van der Waals surface area contributed by atoms with Gasteiger partial charge in [-0.25, -0.2) is 0 Å². The van der Waals surface area contributed by atoms with E-state index in [1.807, 2.05) is 0 Å². The summed E-state index contributed by atoms with van der Waals surface area (Å²) in [5.74, 6) is 0. The van der Waals surface area contributed by atoms with Crippen LogP contribution in [0.15, 0.2) is 0 Å². The molecule has 3 heteroatoms. The average Bonchev–Trinajstić information content (AvgIpc) is 2.63. The van der Waals surface area contributed by atoms with Crippen LogP contribution in [0.2, 0.25) is 0 Å². The van der Waals surface area contributed by atoms with Gasteiger partial charge in [0.25, 0.3) is 0 Å². The largest absolute Gasteiger partial charge is 0.383 e. The lowest BCUT2D eigenvalue weighted by Crippen LogP contribution is -2.20. The molecule has 0 saturated carbocycles. The second kappa shape index (κ2) is 8.08. The molecule has 2 unspecified atom stereocenters. The normalized spacial score (nSPS) is 26.0. The van der Waals surface area contributed by atoms with Gasteiger partial charge in [0.15, 0.2) is 0 Å². The van der Waals surface area contributed by atoms with Crippen molar-refractivity contribution < 1.29 is 9.47 Å². The van der Waals surface area contributed by atoms with Crippen LogP contribution in [0, 0.1) is 0 Å². The first-order valence-electron chi connectivity index (χ1n) is 6.18. The highest BCUT2D eigenvalue weighted by atomic mass is 16.5. The molecule has 0 aliphatic carbocycles. The van der Waals surface area contributed by atoms with Crippen LogP contribution < -0.4 is 5.32 Å². The SMILES string of the molecule is COCCNCCCCC1CCC(C)O1. The highest BCUT2D eigenvalue weighted by molar-refractivity contribution is 4.70. The zero-order valence-corrected chi connectivity index (χ0v) is 10.1. The quantitative estimate of drug-likeness (QED) is 0.628. The Labute approximate surface area is 93.5 Å². The van der Waals surface area contributed by atoms with E-state index in [0.29, 0.717) is 12.2 Å². The monoisotopic (exact) mass is 215 g/mol. The van der Waals surface area contributed by atoms with E-state index < -0.39 is 0 Å². The number of hydrogen-bond donors (Lipinski definition) is 1. The van der Waals surface area contributed by atoms with Crippen molar-refractivity contribution >= 4 is 0 Å². The minimum atomic E-state index is 0.495. The van der Waals surface area contributed by atoms with Crippen LogP contribution in [0.25, 0.3) is 0 Å². The van der Waals surface area contributed by atoms with Gasteiger partial charge in [0.1, 0.15) is 0 Å². The molecule has 0 amide bonds. The molecule has 0 bridgehead atoms. The molecule has 1 fully saturated rings. The van der Waals surface area contributed by atoms with Gasteiger partial charge >= 0.3 is 0 Å². The molecule has 1 N–H and O–H groups in total. The molecule has 15 heavy (non-hydrogen) atoms. The fourth-order valence-corrected chi connectivity index (χ4v) is 2.02. The molecule has 1 saturated heterocycles. The molecular formula is C12H25NO2. The summed E-state index contributed by atoms with van der Waals surface area (Å²) < 4.78 is 10.7. The summed E-state index contributed by atoms with van der Waals surface area (Å²) >= 11 is 0. The van der Waals surface area contributed by atoms with E-state index in [4.69, 9.17) is 9.47 Å². The van der Waals surface area contributed by atoms with Crippen molar-refractivity contribution in [3.63, 3.8) is 0 Å². The Kier molecular flexibility index (Phi) is 6.98. The van der Waals surface area contributed by atoms with Crippen molar-refractivity contribution in [3.05, 3.63) is 0 Å². The molecule has 0 aromatic rings. The maximum atomic E-state index is 5.77. The average molecular weight is 215 g/mol. The number of methoxy groups -OCH3 is 1. The lowest BCUT2D eigenvalue weighted by Gasteiger charge is -2.10. The predicted octanol–water partition coefficient (Wildman–Crippen LogP) is 1.96. The Morgan fingerprint density at radius 2 is 2.13 bits per heavy atom. The molecule has 1 heterocycles. The van der Waals surface area contributed by atoms with Crippen LogP contribution in [0.3, 0.4) is 0 Å². The van der Waals surface area contributed by atoms with Crippen molar-refractivity contribution in [1.29, 1.82) is 0 Å². The summed E-state index contributed by atoms with van der Waals surface area (Å²) in [6.07, 6.45) is 7.30. The van der Waals surface area contributed by atoms with Gasteiger partial charge < -0.3 is 14.8 Å². The third-order valence-electron chi connectivity index (χ3n) is 2.93. The molecule has 1 aliphatic rings. The fourth-order valence-electron chi connectivity index (χ4n) is 2.02. The molecule has 1 rings (SSSR count). The van der Waals surface area contributed by atoms with Crippen molar-refractivity contribution in [3.8, 4) is 0 Å². The van der Waals surface area contributed by atoms with Crippen LogP contribution in [0.4, 0.5) is 0 Å². The first-order valence-corrected chi connectivity index (χ1v) is 6.18. The van der Waals surface area contributed by atoms with E-state index in [1.54, 1.807) is 7.11 Å². The van der Waals surface area contributed by atoms with Gasteiger partial charge in [-0.1, -0.05) is 0 Å². The predicted molar refractivity (Wildman–Crippen MR) is 62.2 cm³/mol. The lowest BCUT2D eigenvalue weighted by molar-refractivity contribution is 0.0495. The molecule has 90 valence electrons. The van der Waals surface area contributed by atoms with Gasteiger partial charge in [-0.05, 0) is 45.6 Å². The van der Waals surface area contributed by atoms with Gasteiger partial charge in [-0.2, -0.15) is 0 Å². The van der Waals surface area contributed by atoms with E-state index in [2.05, 4.69) is 12.2 Å². The van der Waals surface area contributed by atoms with Crippen molar-refractivity contribution in [2.45, 2.75) is 51.2 Å². The zero-order valence-electron chi connectivity index (χ0n) is 10.1. The van der Waals surface area contributed by atoms with Crippen LogP contribution in [0.1, 0.15) is 39.0 Å². The number of rotatable bonds is 8. The van der Waals surface area contributed by atoms with E-state index >= 15 is 0 Å². The molecule has 0 radical (unpaired) electrons. The third-order valence-corrected chi connectivity index (χ3v) is 2.93. The Morgan fingerprint density at radius 3 is 2.80 bits per heavy atom. The van der Waals surface area contributed by atoms with Gasteiger partial charge in [0.05, 0.1) is 18.8 Å². The van der Waals surface area contributed by atoms with Crippen LogP contribution in [-0.4, -0.2) is 39.0 Å². The van der Waals surface area contributed by atoms with E-state index in [1.165, 1.54) is 32.1 Å². The maximum absolute atomic E-state index is 5.77. The van der Waals surface area contributed by atoms with Gasteiger partial charge in [-0.3, -0.25) is 0 Å². The zero-order chi connectivity index (χ0) is 10.9. The first-order chi connectivity index (χ1) is 7.33. The fraction of sp³-hybridized carbons (Fsp3) is 1.00. The standard InChI is InChI=1S/C12H25NO2/c1-11-6-7-12(15-11)5-3-4-8-13-9-10-14-2/h11-13H,3-10H2,1-2H3. The van der Waals surface area contributed by atoms with E-state index in [-0.39, 0.29) is 0 Å².